The summed E-state index contributed by atoms with van der Waals surface area (Å²) in [4.78, 5) is 13.8. The Morgan fingerprint density at radius 1 is 1.26 bits per heavy atom. The zero-order valence-corrected chi connectivity index (χ0v) is 13.9. The van der Waals surface area contributed by atoms with E-state index in [0.29, 0.717) is 19.1 Å². The quantitative estimate of drug-likeness (QED) is 0.797. The van der Waals surface area contributed by atoms with Crippen LogP contribution in [0.1, 0.15) is 19.3 Å². The number of amides is 1. The van der Waals surface area contributed by atoms with Gasteiger partial charge in [-0.25, -0.2) is 17.5 Å². The lowest BCUT2D eigenvalue weighted by Gasteiger charge is -2.31. The molecule has 2 rings (SSSR count). The van der Waals surface area contributed by atoms with Crippen LogP contribution in [0.15, 0.2) is 29.2 Å². The van der Waals surface area contributed by atoms with E-state index in [0.717, 1.165) is 25.0 Å². The van der Waals surface area contributed by atoms with Crippen LogP contribution in [0.2, 0.25) is 0 Å². The van der Waals surface area contributed by atoms with Crippen LogP contribution >= 0.6 is 0 Å². The number of carbonyl (C=O) groups excluding carboxylic acids is 1. The van der Waals surface area contributed by atoms with Gasteiger partial charge in [-0.1, -0.05) is 0 Å². The van der Waals surface area contributed by atoms with Crippen molar-refractivity contribution in [2.75, 3.05) is 26.7 Å². The Labute approximate surface area is 136 Å². The molecule has 23 heavy (non-hydrogen) atoms. The Hall–Kier alpha value is -1.51. The molecule has 1 saturated heterocycles. The Balaban J connectivity index is 1.80. The smallest absolute Gasteiger partial charge is 0.240 e. The first-order chi connectivity index (χ1) is 10.9. The maximum absolute atomic E-state index is 12.8. The van der Waals surface area contributed by atoms with Gasteiger partial charge in [0.1, 0.15) is 5.82 Å². The number of sulfonamides is 1. The second kappa shape index (κ2) is 7.85. The van der Waals surface area contributed by atoms with E-state index < -0.39 is 15.8 Å². The average Bonchev–Trinajstić information content (AvgIpc) is 2.55. The van der Waals surface area contributed by atoms with Crippen molar-refractivity contribution in [3.05, 3.63) is 30.1 Å². The van der Waals surface area contributed by atoms with E-state index in [-0.39, 0.29) is 23.8 Å². The molecule has 1 aromatic carbocycles. The van der Waals surface area contributed by atoms with Gasteiger partial charge in [0, 0.05) is 32.1 Å². The van der Waals surface area contributed by atoms with Crippen molar-refractivity contribution in [3.8, 4) is 0 Å². The van der Waals surface area contributed by atoms with E-state index in [1.165, 1.54) is 12.1 Å². The number of hydrogen-bond donors (Lipinski definition) is 2. The lowest BCUT2D eigenvalue weighted by molar-refractivity contribution is -0.132. The minimum Gasteiger partial charge on any atom is -0.343 e. The van der Waals surface area contributed by atoms with Crippen molar-refractivity contribution in [2.45, 2.75) is 30.2 Å². The first kappa shape index (κ1) is 17.8. The number of piperidine rings is 1. The van der Waals surface area contributed by atoms with Crippen LogP contribution in [-0.4, -0.2) is 51.9 Å². The lowest BCUT2D eigenvalue weighted by Crippen LogP contribution is -2.44. The third kappa shape index (κ3) is 4.98. The molecule has 6 nitrogen and oxygen atoms in total. The molecule has 0 spiro atoms. The minimum atomic E-state index is -3.71. The van der Waals surface area contributed by atoms with Crippen molar-refractivity contribution in [1.82, 2.24) is 14.9 Å². The van der Waals surface area contributed by atoms with Crippen molar-refractivity contribution in [2.24, 2.45) is 0 Å². The van der Waals surface area contributed by atoms with E-state index in [2.05, 4.69) is 10.0 Å². The van der Waals surface area contributed by atoms with Gasteiger partial charge >= 0.3 is 0 Å². The summed E-state index contributed by atoms with van der Waals surface area (Å²) in [6.45, 7) is 1.41. The number of carbonyl (C=O) groups is 1. The molecule has 0 saturated carbocycles. The van der Waals surface area contributed by atoms with Gasteiger partial charge in [-0.15, -0.1) is 0 Å². The molecule has 8 heteroatoms. The number of rotatable bonds is 6. The lowest BCUT2D eigenvalue weighted by atomic mass is 10.1. The summed E-state index contributed by atoms with van der Waals surface area (Å²) >= 11 is 0. The topological polar surface area (TPSA) is 78.5 Å². The van der Waals surface area contributed by atoms with Gasteiger partial charge in [-0.05, 0) is 44.2 Å². The number of hydrogen-bond acceptors (Lipinski definition) is 4. The summed E-state index contributed by atoms with van der Waals surface area (Å²) in [7, 11) is -1.80. The number of nitrogens with one attached hydrogen (secondary N) is 2. The normalized spacial score (nSPS) is 16.5. The van der Waals surface area contributed by atoms with Crippen LogP contribution in [0, 0.1) is 5.82 Å². The highest BCUT2D eigenvalue weighted by Crippen LogP contribution is 2.12. The molecule has 0 aliphatic carbocycles. The van der Waals surface area contributed by atoms with Gasteiger partial charge in [0.05, 0.1) is 4.90 Å². The van der Waals surface area contributed by atoms with Gasteiger partial charge in [0.25, 0.3) is 0 Å². The molecule has 1 fully saturated rings. The van der Waals surface area contributed by atoms with Gasteiger partial charge in [-0.2, -0.15) is 0 Å². The molecular formula is C15H22FN3O3S. The second-order valence-corrected chi connectivity index (χ2v) is 7.31. The fourth-order valence-corrected chi connectivity index (χ4v) is 3.60. The van der Waals surface area contributed by atoms with Gasteiger partial charge in [0.2, 0.25) is 15.9 Å². The van der Waals surface area contributed by atoms with E-state index in [4.69, 9.17) is 0 Å². The highest BCUT2D eigenvalue weighted by molar-refractivity contribution is 7.89. The van der Waals surface area contributed by atoms with E-state index in [1.807, 2.05) is 7.05 Å². The monoisotopic (exact) mass is 343 g/mol. The summed E-state index contributed by atoms with van der Waals surface area (Å²) in [5, 5.41) is 3.19. The van der Waals surface area contributed by atoms with Crippen LogP contribution in [0.4, 0.5) is 4.39 Å². The number of halogens is 1. The summed E-state index contributed by atoms with van der Waals surface area (Å²) in [6, 6.07) is 5.01. The predicted molar refractivity (Wildman–Crippen MR) is 84.9 cm³/mol. The van der Waals surface area contributed by atoms with Gasteiger partial charge < -0.3 is 10.2 Å². The van der Waals surface area contributed by atoms with Crippen molar-refractivity contribution >= 4 is 15.9 Å². The number of likely N-dealkylation sites (tertiary alicyclic amines) is 1. The largest absolute Gasteiger partial charge is 0.343 e. The molecule has 1 heterocycles. The third-order valence-electron chi connectivity index (χ3n) is 4.01. The summed E-state index contributed by atoms with van der Waals surface area (Å²) in [5.41, 5.74) is 0. The molecule has 1 aromatic rings. The fraction of sp³-hybridized carbons (Fsp3) is 0.533. The minimum absolute atomic E-state index is 0.0128. The molecule has 2 N–H and O–H groups in total. The predicted octanol–water partition coefficient (Wildman–Crippen LogP) is 0.704. The van der Waals surface area contributed by atoms with Crippen LogP contribution in [0.5, 0.6) is 0 Å². The Morgan fingerprint density at radius 3 is 2.43 bits per heavy atom. The molecule has 0 aromatic heterocycles. The average molecular weight is 343 g/mol. The second-order valence-electron chi connectivity index (χ2n) is 5.55. The molecular weight excluding hydrogens is 321 g/mol. The number of nitrogens with zero attached hydrogens (tertiary/aromatic N) is 1. The van der Waals surface area contributed by atoms with Crippen LogP contribution in [-0.2, 0) is 14.8 Å². The van der Waals surface area contributed by atoms with E-state index >= 15 is 0 Å². The first-order valence-corrected chi connectivity index (χ1v) is 9.11. The van der Waals surface area contributed by atoms with Gasteiger partial charge in [0.15, 0.2) is 0 Å². The molecule has 1 aliphatic rings. The molecule has 1 aliphatic heterocycles. The molecule has 128 valence electrons. The highest BCUT2D eigenvalue weighted by atomic mass is 32.2. The van der Waals surface area contributed by atoms with E-state index in [1.54, 1.807) is 4.90 Å². The molecule has 0 bridgehead atoms. The highest BCUT2D eigenvalue weighted by Gasteiger charge is 2.22. The SMILES string of the molecule is CNC1CCN(C(=O)CCNS(=O)(=O)c2ccc(F)cc2)CC1. The van der Waals surface area contributed by atoms with Gasteiger partial charge in [-0.3, -0.25) is 4.79 Å². The van der Waals surface area contributed by atoms with Crippen LogP contribution in [0.3, 0.4) is 0 Å². The summed E-state index contributed by atoms with van der Waals surface area (Å²) in [5.74, 6) is -0.551. The van der Waals surface area contributed by atoms with Crippen molar-refractivity contribution < 1.29 is 17.6 Å². The maximum Gasteiger partial charge on any atom is 0.240 e. The molecule has 0 unspecified atom stereocenters. The van der Waals surface area contributed by atoms with Crippen LogP contribution in [0.25, 0.3) is 0 Å². The van der Waals surface area contributed by atoms with E-state index in [9.17, 15) is 17.6 Å². The van der Waals surface area contributed by atoms with Crippen LogP contribution < -0.4 is 10.0 Å². The molecule has 0 radical (unpaired) electrons. The molecule has 1 amide bonds. The Bertz CT molecular complexity index is 626. The summed E-state index contributed by atoms with van der Waals surface area (Å²) in [6.07, 6.45) is 1.93. The zero-order chi connectivity index (χ0) is 16.9. The standard InChI is InChI=1S/C15H22FN3O3S/c1-17-13-7-10-19(11-8-13)15(20)6-9-18-23(21,22)14-4-2-12(16)3-5-14/h2-5,13,17-18H,6-11H2,1H3. The molecule has 0 atom stereocenters. The maximum atomic E-state index is 12.8. The zero-order valence-electron chi connectivity index (χ0n) is 13.1. The van der Waals surface area contributed by atoms with Crippen molar-refractivity contribution in [3.63, 3.8) is 0 Å². The first-order valence-electron chi connectivity index (χ1n) is 7.62. The Kier molecular flexibility index (Phi) is 6.09. The third-order valence-corrected chi connectivity index (χ3v) is 5.49. The number of benzene rings is 1. The van der Waals surface area contributed by atoms with Crippen molar-refractivity contribution in [1.29, 1.82) is 0 Å². The summed E-state index contributed by atoms with van der Waals surface area (Å²) < 4.78 is 39.2. The Morgan fingerprint density at radius 2 is 1.87 bits per heavy atom. The fourth-order valence-electron chi connectivity index (χ4n) is 2.57.